The summed E-state index contributed by atoms with van der Waals surface area (Å²) in [6, 6.07) is 7.40. The van der Waals surface area contributed by atoms with Crippen molar-refractivity contribution >= 4 is 28.9 Å². The highest BCUT2D eigenvalue weighted by Crippen LogP contribution is 2.29. The lowest BCUT2D eigenvalue weighted by molar-refractivity contribution is 0.179. The molecule has 7 heteroatoms. The lowest BCUT2D eigenvalue weighted by atomic mass is 10.1. The van der Waals surface area contributed by atoms with E-state index in [-0.39, 0.29) is 16.7 Å². The third-order valence-corrected chi connectivity index (χ3v) is 4.30. The fraction of sp³-hybridized carbons (Fsp3) is 0.333. The second-order valence-electron chi connectivity index (χ2n) is 5.16. The SMILES string of the molecule is O=c1[nH]ncc(N2CCC[C@@H](Oc3ccccc3Cl)C2)c1Cl. The van der Waals surface area contributed by atoms with Crippen LogP contribution in [0.15, 0.2) is 35.3 Å². The Morgan fingerprint density at radius 1 is 1.32 bits per heavy atom. The average molecular weight is 340 g/mol. The monoisotopic (exact) mass is 339 g/mol. The number of aromatic nitrogens is 2. The first-order valence-corrected chi connectivity index (χ1v) is 7.80. The van der Waals surface area contributed by atoms with Gasteiger partial charge in [0.1, 0.15) is 16.9 Å². The molecule has 1 saturated heterocycles. The van der Waals surface area contributed by atoms with Gasteiger partial charge in [0.25, 0.3) is 5.56 Å². The quantitative estimate of drug-likeness (QED) is 0.933. The van der Waals surface area contributed by atoms with E-state index in [1.807, 2.05) is 23.1 Å². The maximum absolute atomic E-state index is 11.6. The minimum Gasteiger partial charge on any atom is -0.487 e. The molecule has 3 rings (SSSR count). The predicted octanol–water partition coefficient (Wildman–Crippen LogP) is 3.12. The summed E-state index contributed by atoms with van der Waals surface area (Å²) in [5, 5.41) is 6.90. The minimum atomic E-state index is -0.381. The number of benzene rings is 1. The van der Waals surface area contributed by atoms with Crippen LogP contribution in [0, 0.1) is 0 Å². The van der Waals surface area contributed by atoms with Crippen LogP contribution in [0.3, 0.4) is 0 Å². The van der Waals surface area contributed by atoms with E-state index in [9.17, 15) is 4.79 Å². The van der Waals surface area contributed by atoms with Crippen LogP contribution in [-0.4, -0.2) is 29.4 Å². The molecule has 1 atom stereocenters. The van der Waals surface area contributed by atoms with Crippen molar-refractivity contribution in [2.75, 3.05) is 18.0 Å². The molecular weight excluding hydrogens is 325 g/mol. The normalized spacial score (nSPS) is 18.3. The molecule has 1 aromatic carbocycles. The molecule has 1 N–H and O–H groups in total. The van der Waals surface area contributed by atoms with Gasteiger partial charge in [-0.3, -0.25) is 4.79 Å². The molecule has 1 fully saturated rings. The largest absolute Gasteiger partial charge is 0.487 e. The van der Waals surface area contributed by atoms with E-state index in [0.29, 0.717) is 23.0 Å². The molecule has 0 spiro atoms. The molecule has 22 heavy (non-hydrogen) atoms. The summed E-state index contributed by atoms with van der Waals surface area (Å²) >= 11 is 12.2. The van der Waals surface area contributed by atoms with Crippen LogP contribution in [-0.2, 0) is 0 Å². The van der Waals surface area contributed by atoms with Crippen LogP contribution in [0.5, 0.6) is 5.75 Å². The Bertz CT molecular complexity index is 720. The van der Waals surface area contributed by atoms with Crippen molar-refractivity contribution in [2.24, 2.45) is 0 Å². The van der Waals surface area contributed by atoms with E-state index >= 15 is 0 Å². The average Bonchev–Trinajstić information content (AvgIpc) is 2.53. The Kier molecular flexibility index (Phi) is 4.55. The fourth-order valence-corrected chi connectivity index (χ4v) is 2.96. The van der Waals surface area contributed by atoms with Crippen molar-refractivity contribution in [1.82, 2.24) is 10.2 Å². The third kappa shape index (κ3) is 3.20. The number of para-hydroxylation sites is 1. The Morgan fingerprint density at radius 2 is 2.14 bits per heavy atom. The van der Waals surface area contributed by atoms with Crippen molar-refractivity contribution in [3.63, 3.8) is 0 Å². The van der Waals surface area contributed by atoms with Crippen molar-refractivity contribution in [2.45, 2.75) is 18.9 Å². The molecule has 5 nitrogen and oxygen atoms in total. The molecule has 0 saturated carbocycles. The maximum atomic E-state index is 11.6. The summed E-state index contributed by atoms with van der Waals surface area (Å²) in [7, 11) is 0. The predicted molar refractivity (Wildman–Crippen MR) is 87.2 cm³/mol. The van der Waals surface area contributed by atoms with Gasteiger partial charge in [0, 0.05) is 6.54 Å². The number of piperidine rings is 1. The number of hydrogen-bond donors (Lipinski definition) is 1. The van der Waals surface area contributed by atoms with Gasteiger partial charge in [-0.1, -0.05) is 35.3 Å². The number of nitrogens with one attached hydrogen (secondary N) is 1. The number of H-pyrrole nitrogens is 1. The number of halogens is 2. The van der Waals surface area contributed by atoms with Gasteiger partial charge in [0.2, 0.25) is 0 Å². The van der Waals surface area contributed by atoms with Crippen molar-refractivity contribution in [3.8, 4) is 5.75 Å². The van der Waals surface area contributed by atoms with E-state index in [1.54, 1.807) is 12.3 Å². The molecule has 0 unspecified atom stereocenters. The second-order valence-corrected chi connectivity index (χ2v) is 5.94. The molecule has 0 radical (unpaired) electrons. The van der Waals surface area contributed by atoms with Gasteiger partial charge in [-0.05, 0) is 25.0 Å². The van der Waals surface area contributed by atoms with Gasteiger partial charge in [0.05, 0.1) is 23.5 Å². The summed E-state index contributed by atoms with van der Waals surface area (Å²) < 4.78 is 5.98. The highest BCUT2D eigenvalue weighted by molar-refractivity contribution is 6.33. The lowest BCUT2D eigenvalue weighted by Crippen LogP contribution is -2.42. The molecule has 0 bridgehead atoms. The highest BCUT2D eigenvalue weighted by atomic mass is 35.5. The van der Waals surface area contributed by atoms with E-state index < -0.39 is 0 Å². The topological polar surface area (TPSA) is 58.2 Å². The van der Waals surface area contributed by atoms with Crippen LogP contribution in [0.2, 0.25) is 10.0 Å². The first-order valence-electron chi connectivity index (χ1n) is 7.04. The fourth-order valence-electron chi connectivity index (χ4n) is 2.57. The smallest absolute Gasteiger partial charge is 0.285 e. The number of ether oxygens (including phenoxy) is 1. The third-order valence-electron chi connectivity index (χ3n) is 3.63. The van der Waals surface area contributed by atoms with Gasteiger partial charge in [-0.15, -0.1) is 0 Å². The zero-order valence-corrected chi connectivity index (χ0v) is 13.3. The van der Waals surface area contributed by atoms with Gasteiger partial charge < -0.3 is 9.64 Å². The van der Waals surface area contributed by atoms with E-state index in [2.05, 4.69) is 10.2 Å². The summed E-state index contributed by atoms with van der Waals surface area (Å²) in [6.07, 6.45) is 3.43. The Labute approximate surface area is 137 Å². The number of aromatic amines is 1. The Morgan fingerprint density at radius 3 is 2.95 bits per heavy atom. The van der Waals surface area contributed by atoms with Crippen molar-refractivity contribution < 1.29 is 4.74 Å². The number of rotatable bonds is 3. The van der Waals surface area contributed by atoms with Gasteiger partial charge in [-0.2, -0.15) is 5.10 Å². The van der Waals surface area contributed by atoms with Crippen LogP contribution < -0.4 is 15.2 Å². The van der Waals surface area contributed by atoms with Gasteiger partial charge in [-0.25, -0.2) is 5.10 Å². The van der Waals surface area contributed by atoms with Crippen molar-refractivity contribution in [3.05, 3.63) is 50.9 Å². The summed E-state index contributed by atoms with van der Waals surface area (Å²) in [5.41, 5.74) is 0.256. The molecule has 0 aliphatic carbocycles. The summed E-state index contributed by atoms with van der Waals surface area (Å²) in [5.74, 6) is 0.672. The molecule has 1 aliphatic rings. The Balaban J connectivity index is 1.76. The Hall–Kier alpha value is -1.72. The first kappa shape index (κ1) is 15.2. The van der Waals surface area contributed by atoms with E-state index in [0.717, 1.165) is 19.4 Å². The summed E-state index contributed by atoms with van der Waals surface area (Å²) in [6.45, 7) is 1.45. The number of hydrogen-bond acceptors (Lipinski definition) is 4. The molecule has 2 aromatic rings. The standard InChI is InChI=1S/C15H15Cl2N3O2/c16-11-5-1-2-6-13(11)22-10-4-3-7-20(9-10)12-8-18-19-15(21)14(12)17/h1-2,5-6,8,10H,3-4,7,9H2,(H,19,21)/t10-/m1/s1. The molecule has 1 aromatic heterocycles. The van der Waals surface area contributed by atoms with Crippen LogP contribution in [0.4, 0.5) is 5.69 Å². The minimum absolute atomic E-state index is 0.0102. The molecule has 2 heterocycles. The lowest BCUT2D eigenvalue weighted by Gasteiger charge is -2.34. The molecule has 116 valence electrons. The van der Waals surface area contributed by atoms with Gasteiger partial charge in [0.15, 0.2) is 0 Å². The maximum Gasteiger partial charge on any atom is 0.285 e. The molecule has 1 aliphatic heterocycles. The van der Waals surface area contributed by atoms with Crippen molar-refractivity contribution in [1.29, 1.82) is 0 Å². The zero-order chi connectivity index (χ0) is 15.5. The van der Waals surface area contributed by atoms with Gasteiger partial charge >= 0.3 is 0 Å². The van der Waals surface area contributed by atoms with Crippen LogP contribution in [0.25, 0.3) is 0 Å². The summed E-state index contributed by atoms with van der Waals surface area (Å²) in [4.78, 5) is 13.6. The van der Waals surface area contributed by atoms with E-state index in [4.69, 9.17) is 27.9 Å². The first-order chi connectivity index (χ1) is 10.6. The van der Waals surface area contributed by atoms with Crippen LogP contribution >= 0.6 is 23.2 Å². The second kappa shape index (κ2) is 6.58. The number of nitrogens with zero attached hydrogens (tertiary/aromatic N) is 2. The van der Waals surface area contributed by atoms with Crippen LogP contribution in [0.1, 0.15) is 12.8 Å². The highest BCUT2D eigenvalue weighted by Gasteiger charge is 2.24. The molecule has 0 amide bonds. The zero-order valence-electron chi connectivity index (χ0n) is 11.8. The number of anilines is 1. The molecular formula is C15H15Cl2N3O2. The van der Waals surface area contributed by atoms with E-state index in [1.165, 1.54) is 0 Å².